The molecular formula is C22H18ClIN2O3. The van der Waals surface area contributed by atoms with E-state index in [4.69, 9.17) is 16.3 Å². The maximum Gasteiger partial charge on any atom is 0.338 e. The molecule has 0 aliphatic carbocycles. The van der Waals surface area contributed by atoms with E-state index in [0.29, 0.717) is 35.0 Å². The highest BCUT2D eigenvalue weighted by atomic mass is 127. The number of carbonyl (C=O) groups excluding carboxylic acids is 2. The van der Waals surface area contributed by atoms with Crippen molar-refractivity contribution in [3.8, 4) is 0 Å². The second-order valence-corrected chi connectivity index (χ2v) is 7.79. The molecule has 1 heterocycles. The van der Waals surface area contributed by atoms with Crippen LogP contribution in [-0.4, -0.2) is 23.5 Å². The molecule has 2 aromatic carbocycles. The van der Waals surface area contributed by atoms with Crippen molar-refractivity contribution < 1.29 is 14.3 Å². The largest absolute Gasteiger partial charge is 0.462 e. The molecule has 3 rings (SSSR count). The number of ether oxygens (including phenoxy) is 1. The molecule has 0 aliphatic heterocycles. The van der Waals surface area contributed by atoms with Crippen LogP contribution in [0.5, 0.6) is 0 Å². The quantitative estimate of drug-likeness (QED) is 0.324. The van der Waals surface area contributed by atoms with Crippen LogP contribution in [0.15, 0.2) is 67.0 Å². The minimum atomic E-state index is -0.397. The Morgan fingerprint density at radius 1 is 1.07 bits per heavy atom. The maximum atomic E-state index is 13.4. The highest BCUT2D eigenvalue weighted by Crippen LogP contribution is 2.26. The summed E-state index contributed by atoms with van der Waals surface area (Å²) in [6.07, 6.45) is 3.36. The van der Waals surface area contributed by atoms with E-state index in [-0.39, 0.29) is 5.91 Å². The van der Waals surface area contributed by atoms with Gasteiger partial charge in [0.15, 0.2) is 0 Å². The molecular weight excluding hydrogens is 503 g/mol. The van der Waals surface area contributed by atoms with Crippen molar-refractivity contribution >= 4 is 51.8 Å². The first-order chi connectivity index (χ1) is 14.0. The van der Waals surface area contributed by atoms with Gasteiger partial charge in [-0.15, -0.1) is 0 Å². The Kier molecular flexibility index (Phi) is 7.22. The number of benzene rings is 2. The second-order valence-electron chi connectivity index (χ2n) is 6.14. The van der Waals surface area contributed by atoms with Gasteiger partial charge in [-0.25, -0.2) is 4.79 Å². The van der Waals surface area contributed by atoms with Crippen LogP contribution in [0, 0.1) is 3.57 Å². The number of rotatable bonds is 6. The molecule has 1 amide bonds. The molecule has 0 fully saturated rings. The monoisotopic (exact) mass is 520 g/mol. The molecule has 0 aliphatic rings. The fourth-order valence-electron chi connectivity index (χ4n) is 2.75. The zero-order valence-electron chi connectivity index (χ0n) is 15.6. The van der Waals surface area contributed by atoms with E-state index in [0.717, 1.165) is 9.13 Å². The molecule has 0 atom stereocenters. The SMILES string of the molecule is CCOC(=O)c1ccc(N(Cc2ccncc2)C(=O)c2cc(I)ccc2Cl)cc1. The summed E-state index contributed by atoms with van der Waals surface area (Å²) in [5, 5.41) is 0.387. The fraction of sp³-hybridized carbons (Fsp3) is 0.136. The van der Waals surface area contributed by atoms with Crippen LogP contribution in [0.4, 0.5) is 5.69 Å². The van der Waals surface area contributed by atoms with E-state index in [1.807, 2.05) is 18.2 Å². The molecule has 0 unspecified atom stereocenters. The molecule has 7 heteroatoms. The van der Waals surface area contributed by atoms with Gasteiger partial charge in [0.2, 0.25) is 0 Å². The zero-order valence-corrected chi connectivity index (χ0v) is 18.6. The predicted octanol–water partition coefficient (Wildman–Crippen LogP) is 5.36. The zero-order chi connectivity index (χ0) is 20.8. The highest BCUT2D eigenvalue weighted by molar-refractivity contribution is 14.1. The number of anilines is 1. The third-order valence-electron chi connectivity index (χ3n) is 4.18. The molecule has 0 saturated heterocycles. The molecule has 29 heavy (non-hydrogen) atoms. The Bertz CT molecular complexity index is 1010. The van der Waals surface area contributed by atoms with Crippen molar-refractivity contribution in [2.45, 2.75) is 13.5 Å². The fourth-order valence-corrected chi connectivity index (χ4v) is 3.44. The van der Waals surface area contributed by atoms with Gasteiger partial charge in [-0.1, -0.05) is 11.6 Å². The summed E-state index contributed by atoms with van der Waals surface area (Å²) < 4.78 is 5.94. The van der Waals surface area contributed by atoms with E-state index >= 15 is 0 Å². The molecule has 0 bridgehead atoms. The lowest BCUT2D eigenvalue weighted by molar-refractivity contribution is 0.0526. The van der Waals surface area contributed by atoms with Gasteiger partial charge >= 0.3 is 5.97 Å². The lowest BCUT2D eigenvalue weighted by atomic mass is 10.1. The number of hydrogen-bond donors (Lipinski definition) is 0. The maximum absolute atomic E-state index is 13.4. The number of esters is 1. The van der Waals surface area contributed by atoms with Crippen LogP contribution < -0.4 is 4.90 Å². The summed E-state index contributed by atoms with van der Waals surface area (Å²) in [5.74, 6) is -0.624. The molecule has 148 valence electrons. The topological polar surface area (TPSA) is 59.5 Å². The Morgan fingerprint density at radius 2 is 1.76 bits per heavy atom. The molecule has 0 saturated carbocycles. The summed E-state index contributed by atoms with van der Waals surface area (Å²) in [5.41, 5.74) is 2.42. The Hall–Kier alpha value is -2.45. The van der Waals surface area contributed by atoms with Crippen molar-refractivity contribution in [3.63, 3.8) is 0 Å². The Morgan fingerprint density at radius 3 is 2.41 bits per heavy atom. The van der Waals surface area contributed by atoms with Crippen LogP contribution >= 0.6 is 34.2 Å². The number of hydrogen-bond acceptors (Lipinski definition) is 4. The molecule has 0 spiro atoms. The standard InChI is InChI=1S/C22H18ClIN2O3/c1-2-29-22(28)16-3-6-18(7-4-16)26(14-15-9-11-25-12-10-15)21(27)19-13-17(24)5-8-20(19)23/h3-13H,2,14H2,1H3. The van der Waals surface area contributed by atoms with E-state index in [1.54, 1.807) is 60.6 Å². The van der Waals surface area contributed by atoms with E-state index in [2.05, 4.69) is 27.6 Å². The summed E-state index contributed by atoms with van der Waals surface area (Å²) >= 11 is 8.45. The molecule has 0 N–H and O–H groups in total. The number of pyridine rings is 1. The van der Waals surface area contributed by atoms with Gasteiger partial charge in [0.05, 0.1) is 29.3 Å². The van der Waals surface area contributed by atoms with Crippen LogP contribution in [0.25, 0.3) is 0 Å². The van der Waals surface area contributed by atoms with Gasteiger partial charge in [-0.3, -0.25) is 9.78 Å². The highest BCUT2D eigenvalue weighted by Gasteiger charge is 2.21. The minimum Gasteiger partial charge on any atom is -0.462 e. The molecule has 3 aromatic rings. The summed E-state index contributed by atoms with van der Waals surface area (Å²) in [4.78, 5) is 31.0. The molecule has 1 aromatic heterocycles. The number of amides is 1. The first-order valence-corrected chi connectivity index (χ1v) is 10.4. The number of carbonyl (C=O) groups is 2. The molecule has 5 nitrogen and oxygen atoms in total. The Balaban J connectivity index is 1.98. The number of aromatic nitrogens is 1. The van der Waals surface area contributed by atoms with E-state index in [1.165, 1.54) is 0 Å². The van der Waals surface area contributed by atoms with Gasteiger partial charge in [-0.2, -0.15) is 0 Å². The lowest BCUT2D eigenvalue weighted by Crippen LogP contribution is -2.30. The summed E-state index contributed by atoms with van der Waals surface area (Å²) in [6, 6.07) is 15.8. The van der Waals surface area contributed by atoms with Crippen molar-refractivity contribution in [2.24, 2.45) is 0 Å². The van der Waals surface area contributed by atoms with Crippen LogP contribution in [0.2, 0.25) is 5.02 Å². The third kappa shape index (κ3) is 5.33. The van der Waals surface area contributed by atoms with E-state index < -0.39 is 5.97 Å². The predicted molar refractivity (Wildman–Crippen MR) is 121 cm³/mol. The van der Waals surface area contributed by atoms with Crippen molar-refractivity contribution in [1.29, 1.82) is 0 Å². The third-order valence-corrected chi connectivity index (χ3v) is 5.18. The average Bonchev–Trinajstić information content (AvgIpc) is 2.74. The van der Waals surface area contributed by atoms with Gasteiger partial charge < -0.3 is 9.64 Å². The normalized spacial score (nSPS) is 10.4. The van der Waals surface area contributed by atoms with Gasteiger partial charge in [0.1, 0.15) is 0 Å². The van der Waals surface area contributed by atoms with Crippen LogP contribution in [0.1, 0.15) is 33.2 Å². The Labute approximate surface area is 187 Å². The first-order valence-electron chi connectivity index (χ1n) is 8.92. The van der Waals surface area contributed by atoms with Gasteiger partial charge in [-0.05, 0) is 89.7 Å². The smallest absolute Gasteiger partial charge is 0.338 e. The van der Waals surface area contributed by atoms with Crippen molar-refractivity contribution in [1.82, 2.24) is 4.98 Å². The van der Waals surface area contributed by atoms with Crippen LogP contribution in [0.3, 0.4) is 0 Å². The summed E-state index contributed by atoms with van der Waals surface area (Å²) in [6.45, 7) is 2.40. The van der Waals surface area contributed by atoms with Gasteiger partial charge in [0.25, 0.3) is 5.91 Å². The van der Waals surface area contributed by atoms with Crippen molar-refractivity contribution in [3.05, 3.63) is 92.3 Å². The van der Waals surface area contributed by atoms with Crippen molar-refractivity contribution in [2.75, 3.05) is 11.5 Å². The average molecular weight is 521 g/mol. The summed E-state index contributed by atoms with van der Waals surface area (Å²) in [7, 11) is 0. The number of halogens is 2. The van der Waals surface area contributed by atoms with E-state index in [9.17, 15) is 9.59 Å². The van der Waals surface area contributed by atoms with Gasteiger partial charge in [0, 0.05) is 21.7 Å². The first kappa shape index (κ1) is 21.3. The molecule has 0 radical (unpaired) electrons. The second kappa shape index (κ2) is 9.84. The number of nitrogens with zero attached hydrogens (tertiary/aromatic N) is 2. The van der Waals surface area contributed by atoms with Crippen LogP contribution in [-0.2, 0) is 11.3 Å². The lowest BCUT2D eigenvalue weighted by Gasteiger charge is -2.24. The minimum absolute atomic E-state index is 0.228.